The van der Waals surface area contributed by atoms with E-state index in [1.165, 1.54) is 23.9 Å². The molecular formula is C22H21FN6O3S. The minimum absolute atomic E-state index is 0.0450. The third-order valence-electron chi connectivity index (χ3n) is 5.36. The van der Waals surface area contributed by atoms with Crippen molar-refractivity contribution in [1.82, 2.24) is 24.7 Å². The van der Waals surface area contributed by atoms with Gasteiger partial charge < -0.3 is 20.0 Å². The number of benzene rings is 2. The second-order valence-electron chi connectivity index (χ2n) is 7.74. The Balaban J connectivity index is 1.31. The zero-order chi connectivity index (χ0) is 22.8. The Hall–Kier alpha value is -3.44. The Morgan fingerprint density at radius 3 is 2.79 bits per heavy atom. The van der Waals surface area contributed by atoms with Gasteiger partial charge in [0, 0.05) is 17.9 Å². The van der Waals surface area contributed by atoms with Crippen LogP contribution < -0.4 is 11.0 Å². The number of ether oxygens (including phenoxy) is 1. The number of hydrogen-bond donors (Lipinski definition) is 3. The van der Waals surface area contributed by atoms with Gasteiger partial charge in [0.05, 0.1) is 29.4 Å². The first-order chi connectivity index (χ1) is 16.0. The van der Waals surface area contributed by atoms with Gasteiger partial charge in [-0.1, -0.05) is 11.8 Å². The van der Waals surface area contributed by atoms with Gasteiger partial charge in [-0.3, -0.25) is 9.36 Å². The minimum atomic E-state index is -0.322. The van der Waals surface area contributed by atoms with E-state index in [1.54, 1.807) is 30.3 Å². The summed E-state index contributed by atoms with van der Waals surface area (Å²) in [4.78, 5) is 29.3. The number of anilines is 1. The third kappa shape index (κ3) is 4.83. The maximum atomic E-state index is 13.4. The summed E-state index contributed by atoms with van der Waals surface area (Å²) in [7, 11) is 0. The zero-order valence-corrected chi connectivity index (χ0v) is 18.3. The summed E-state index contributed by atoms with van der Waals surface area (Å²) < 4.78 is 21.1. The summed E-state index contributed by atoms with van der Waals surface area (Å²) in [5.41, 5.74) is 2.31. The van der Waals surface area contributed by atoms with Crippen molar-refractivity contribution in [1.29, 1.82) is 0 Å². The molecule has 4 aromatic rings. The van der Waals surface area contributed by atoms with E-state index < -0.39 is 0 Å². The first kappa shape index (κ1) is 21.4. The molecule has 3 N–H and O–H groups in total. The number of imidazole rings is 1. The van der Waals surface area contributed by atoms with Crippen LogP contribution in [0.2, 0.25) is 0 Å². The highest BCUT2D eigenvalue weighted by Crippen LogP contribution is 2.27. The highest BCUT2D eigenvalue weighted by atomic mass is 32.2. The minimum Gasteiger partial charge on any atom is -0.376 e. The maximum Gasteiger partial charge on any atom is 0.323 e. The summed E-state index contributed by atoms with van der Waals surface area (Å²) >= 11 is 1.27. The fourth-order valence-electron chi connectivity index (χ4n) is 3.80. The van der Waals surface area contributed by atoms with E-state index in [9.17, 15) is 14.0 Å². The molecule has 1 atom stereocenters. The molecular weight excluding hydrogens is 447 g/mol. The molecule has 0 unspecified atom stereocenters. The van der Waals surface area contributed by atoms with E-state index in [-0.39, 0.29) is 29.3 Å². The van der Waals surface area contributed by atoms with Gasteiger partial charge in [0.25, 0.3) is 0 Å². The molecule has 1 aliphatic rings. The quantitative estimate of drug-likeness (QED) is 0.359. The van der Waals surface area contributed by atoms with Crippen molar-refractivity contribution in [3.63, 3.8) is 0 Å². The number of fused-ring (bicyclic) bond motifs is 1. The molecule has 170 valence electrons. The van der Waals surface area contributed by atoms with Crippen molar-refractivity contribution >= 4 is 34.4 Å². The average molecular weight is 469 g/mol. The van der Waals surface area contributed by atoms with Crippen LogP contribution >= 0.6 is 11.8 Å². The summed E-state index contributed by atoms with van der Waals surface area (Å²) in [5.74, 6) is 0.189. The molecule has 11 heteroatoms. The zero-order valence-electron chi connectivity index (χ0n) is 17.5. The van der Waals surface area contributed by atoms with E-state index in [0.717, 1.165) is 25.0 Å². The summed E-state index contributed by atoms with van der Waals surface area (Å²) in [6.07, 6.45) is 1.99. The van der Waals surface area contributed by atoms with Gasteiger partial charge in [-0.25, -0.2) is 9.18 Å². The molecule has 1 fully saturated rings. The number of aromatic amines is 2. The van der Waals surface area contributed by atoms with E-state index in [0.29, 0.717) is 34.2 Å². The van der Waals surface area contributed by atoms with Crippen LogP contribution in [0.25, 0.3) is 22.4 Å². The SMILES string of the molecule is O=C(CSc1nnc(-c2ccc(F)cc2)n1C[C@H]1CCCO1)Nc1ccc2[nH]c(=O)[nH]c2c1. The molecule has 1 aliphatic heterocycles. The second kappa shape index (κ2) is 9.20. The molecule has 5 rings (SSSR count). The van der Waals surface area contributed by atoms with Crippen molar-refractivity contribution in [3.05, 3.63) is 58.8 Å². The monoisotopic (exact) mass is 468 g/mol. The number of carbonyl (C=O) groups is 1. The normalized spacial score (nSPS) is 15.8. The van der Waals surface area contributed by atoms with Crippen LogP contribution in [-0.2, 0) is 16.1 Å². The number of nitrogens with one attached hydrogen (secondary N) is 3. The van der Waals surface area contributed by atoms with Crippen LogP contribution in [0.15, 0.2) is 52.4 Å². The number of rotatable bonds is 7. The lowest BCUT2D eigenvalue weighted by molar-refractivity contribution is -0.113. The van der Waals surface area contributed by atoms with E-state index in [2.05, 4.69) is 25.5 Å². The topological polar surface area (TPSA) is 118 Å². The van der Waals surface area contributed by atoms with Gasteiger partial charge in [0.2, 0.25) is 5.91 Å². The molecule has 2 aromatic heterocycles. The fraction of sp³-hybridized carbons (Fsp3) is 0.273. The smallest absolute Gasteiger partial charge is 0.323 e. The predicted octanol–water partition coefficient (Wildman–Crippen LogP) is 3.16. The lowest BCUT2D eigenvalue weighted by Crippen LogP contribution is -2.18. The van der Waals surface area contributed by atoms with Gasteiger partial charge in [-0.2, -0.15) is 0 Å². The van der Waals surface area contributed by atoms with Crippen molar-refractivity contribution in [2.75, 3.05) is 17.7 Å². The van der Waals surface area contributed by atoms with Crippen molar-refractivity contribution in [3.8, 4) is 11.4 Å². The number of hydrogen-bond acceptors (Lipinski definition) is 6. The predicted molar refractivity (Wildman–Crippen MR) is 123 cm³/mol. The number of nitrogens with zero attached hydrogens (tertiary/aromatic N) is 3. The van der Waals surface area contributed by atoms with Crippen LogP contribution in [0.1, 0.15) is 12.8 Å². The van der Waals surface area contributed by atoms with Crippen LogP contribution in [0.5, 0.6) is 0 Å². The Labute approximate surface area is 191 Å². The molecule has 9 nitrogen and oxygen atoms in total. The molecule has 0 radical (unpaired) electrons. The molecule has 33 heavy (non-hydrogen) atoms. The van der Waals surface area contributed by atoms with E-state index in [1.807, 2.05) is 4.57 Å². The summed E-state index contributed by atoms with van der Waals surface area (Å²) in [5, 5.41) is 12.0. The number of carbonyl (C=O) groups excluding carboxylic acids is 1. The molecule has 1 saturated heterocycles. The van der Waals surface area contributed by atoms with E-state index >= 15 is 0 Å². The average Bonchev–Trinajstić information content (AvgIpc) is 3.53. The van der Waals surface area contributed by atoms with Crippen molar-refractivity contribution in [2.45, 2.75) is 30.6 Å². The van der Waals surface area contributed by atoms with Crippen LogP contribution in [-0.4, -0.2) is 49.1 Å². The van der Waals surface area contributed by atoms with Gasteiger partial charge in [0.1, 0.15) is 5.82 Å². The molecule has 0 spiro atoms. The van der Waals surface area contributed by atoms with Gasteiger partial charge in [0.15, 0.2) is 11.0 Å². The lowest BCUT2D eigenvalue weighted by Gasteiger charge is -2.14. The summed E-state index contributed by atoms with van der Waals surface area (Å²) in [6.45, 7) is 1.28. The first-order valence-electron chi connectivity index (χ1n) is 10.5. The van der Waals surface area contributed by atoms with E-state index in [4.69, 9.17) is 4.74 Å². The van der Waals surface area contributed by atoms with Crippen LogP contribution in [0.3, 0.4) is 0 Å². The molecule has 1 amide bonds. The molecule has 0 bridgehead atoms. The lowest BCUT2D eigenvalue weighted by atomic mass is 10.2. The number of amides is 1. The number of thioether (sulfide) groups is 1. The Bertz CT molecular complexity index is 1340. The first-order valence-corrected chi connectivity index (χ1v) is 11.5. The third-order valence-corrected chi connectivity index (χ3v) is 6.33. The fourth-order valence-corrected chi connectivity index (χ4v) is 4.55. The second-order valence-corrected chi connectivity index (χ2v) is 8.68. The highest BCUT2D eigenvalue weighted by Gasteiger charge is 2.22. The van der Waals surface area contributed by atoms with Gasteiger partial charge in [-0.05, 0) is 55.3 Å². The molecule has 3 heterocycles. The van der Waals surface area contributed by atoms with Gasteiger partial charge in [-0.15, -0.1) is 10.2 Å². The Morgan fingerprint density at radius 1 is 1.18 bits per heavy atom. The maximum absolute atomic E-state index is 13.4. The number of H-pyrrole nitrogens is 2. The Morgan fingerprint density at radius 2 is 2.00 bits per heavy atom. The van der Waals surface area contributed by atoms with Crippen molar-refractivity contribution < 1.29 is 13.9 Å². The Kier molecular flexibility index (Phi) is 5.97. The van der Waals surface area contributed by atoms with Crippen LogP contribution in [0, 0.1) is 5.82 Å². The molecule has 2 aromatic carbocycles. The van der Waals surface area contributed by atoms with Gasteiger partial charge >= 0.3 is 5.69 Å². The summed E-state index contributed by atoms with van der Waals surface area (Å²) in [6, 6.07) is 11.2. The molecule has 0 aliphatic carbocycles. The van der Waals surface area contributed by atoms with Crippen molar-refractivity contribution in [2.24, 2.45) is 0 Å². The van der Waals surface area contributed by atoms with Crippen LogP contribution in [0.4, 0.5) is 10.1 Å². The number of halogens is 1. The standard InChI is InChI=1S/C22H21FN6O3S/c23-14-5-3-13(4-6-14)20-27-28-22(29(20)11-16-2-1-9-32-16)33-12-19(30)24-15-7-8-17-18(10-15)26-21(31)25-17/h3-8,10,16H,1-2,9,11-12H2,(H,24,30)(H2,25,26,31)/t16-/m1/s1. The molecule has 0 saturated carbocycles. The number of aromatic nitrogens is 5. The highest BCUT2D eigenvalue weighted by molar-refractivity contribution is 7.99. The largest absolute Gasteiger partial charge is 0.376 e.